The lowest BCUT2D eigenvalue weighted by atomic mass is 9.97. The molecule has 0 heterocycles. The van der Waals surface area contributed by atoms with Crippen molar-refractivity contribution < 1.29 is 75.6 Å². The second-order valence-electron chi connectivity index (χ2n) is 4.29. The fourth-order valence-electron chi connectivity index (χ4n) is 1.21. The van der Waals surface area contributed by atoms with E-state index in [2.05, 4.69) is 9.05 Å². The first kappa shape index (κ1) is 25.2. The number of phosphoric acid groups is 1. The second-order valence-corrected chi connectivity index (χ2v) is 5.67. The highest BCUT2D eigenvalue weighted by Gasteiger charge is 2.92. The third kappa shape index (κ3) is 3.89. The van der Waals surface area contributed by atoms with Crippen molar-refractivity contribution in [2.24, 2.45) is 0 Å². The minimum Gasteiger partial charge on any atom is -0.302 e. The SMILES string of the molecule is CCOP(=O)(O)OC(F)(C(F)(F)F)C(F)(F)C(F)(F)C(F)(F)C(F)(F)F. The maximum Gasteiger partial charge on any atom is 0.475 e. The molecular formula is C8H6F13O4P. The highest BCUT2D eigenvalue weighted by molar-refractivity contribution is 7.47. The Hall–Kier alpha value is -0.800. The van der Waals surface area contributed by atoms with Crippen LogP contribution in [0.1, 0.15) is 6.92 Å². The number of hydrogen-bond acceptors (Lipinski definition) is 3. The van der Waals surface area contributed by atoms with Crippen molar-refractivity contribution >= 4 is 7.82 Å². The highest BCUT2D eigenvalue weighted by atomic mass is 31.2. The van der Waals surface area contributed by atoms with E-state index in [0.717, 1.165) is 0 Å². The van der Waals surface area contributed by atoms with Crippen LogP contribution in [0.3, 0.4) is 0 Å². The molecule has 0 aromatic rings. The molecule has 0 spiro atoms. The Labute approximate surface area is 134 Å². The summed E-state index contributed by atoms with van der Waals surface area (Å²) in [5, 5.41) is 0. The summed E-state index contributed by atoms with van der Waals surface area (Å²) < 4.78 is 181. The molecule has 2 unspecified atom stereocenters. The molecule has 0 aromatic carbocycles. The van der Waals surface area contributed by atoms with Gasteiger partial charge in [-0.1, -0.05) is 0 Å². The summed E-state index contributed by atoms with van der Waals surface area (Å²) in [5.74, 6) is -31.5. The van der Waals surface area contributed by atoms with Crippen molar-refractivity contribution in [1.29, 1.82) is 0 Å². The molecule has 0 aliphatic heterocycles. The number of phosphoric ester groups is 1. The van der Waals surface area contributed by atoms with Crippen LogP contribution in [0, 0.1) is 0 Å². The van der Waals surface area contributed by atoms with Crippen LogP contribution in [0.4, 0.5) is 57.1 Å². The van der Waals surface area contributed by atoms with Crippen LogP contribution in [-0.4, -0.2) is 47.5 Å². The van der Waals surface area contributed by atoms with Crippen LogP contribution < -0.4 is 0 Å². The Balaban J connectivity index is 6.56. The van der Waals surface area contributed by atoms with Crippen LogP contribution in [0.2, 0.25) is 0 Å². The first-order chi connectivity index (χ1) is 11.0. The summed E-state index contributed by atoms with van der Waals surface area (Å²) in [4.78, 5) is 8.59. The van der Waals surface area contributed by atoms with Gasteiger partial charge in [0.25, 0.3) is 0 Å². The Morgan fingerprint density at radius 1 is 0.731 bits per heavy atom. The molecule has 0 aliphatic rings. The van der Waals surface area contributed by atoms with Crippen LogP contribution in [0.25, 0.3) is 0 Å². The van der Waals surface area contributed by atoms with Crippen molar-refractivity contribution in [2.45, 2.75) is 42.9 Å². The van der Waals surface area contributed by atoms with Gasteiger partial charge in [0.1, 0.15) is 0 Å². The molecule has 0 bridgehead atoms. The lowest BCUT2D eigenvalue weighted by molar-refractivity contribution is -0.461. The zero-order valence-electron chi connectivity index (χ0n) is 11.7. The van der Waals surface area contributed by atoms with Crippen molar-refractivity contribution in [2.75, 3.05) is 6.61 Å². The molecule has 1 N–H and O–H groups in total. The molecule has 0 saturated heterocycles. The lowest BCUT2D eigenvalue weighted by Crippen LogP contribution is -2.71. The fourth-order valence-corrected chi connectivity index (χ4v) is 2.13. The monoisotopic (exact) mass is 444 g/mol. The molecule has 0 fully saturated rings. The number of alkyl halides is 13. The van der Waals surface area contributed by atoms with Gasteiger partial charge in [-0.25, -0.2) is 9.09 Å². The summed E-state index contributed by atoms with van der Waals surface area (Å²) in [7, 11) is -6.60. The van der Waals surface area contributed by atoms with E-state index in [0.29, 0.717) is 6.92 Å². The molecule has 18 heteroatoms. The van der Waals surface area contributed by atoms with Gasteiger partial charge in [0.2, 0.25) is 0 Å². The highest BCUT2D eigenvalue weighted by Crippen LogP contribution is 2.64. The van der Waals surface area contributed by atoms with E-state index in [1.807, 2.05) is 0 Å². The molecule has 0 aromatic heterocycles. The van der Waals surface area contributed by atoms with Crippen LogP contribution in [-0.2, 0) is 13.6 Å². The van der Waals surface area contributed by atoms with Gasteiger partial charge in [0, 0.05) is 0 Å². The Morgan fingerprint density at radius 3 is 1.38 bits per heavy atom. The van der Waals surface area contributed by atoms with Crippen LogP contribution >= 0.6 is 7.82 Å². The molecule has 2 atom stereocenters. The smallest absolute Gasteiger partial charge is 0.302 e. The zero-order valence-corrected chi connectivity index (χ0v) is 12.6. The van der Waals surface area contributed by atoms with Gasteiger partial charge in [0.05, 0.1) is 6.61 Å². The minimum absolute atomic E-state index is 0.685. The first-order valence-electron chi connectivity index (χ1n) is 5.65. The fraction of sp³-hybridized carbons (Fsp3) is 1.00. The quantitative estimate of drug-likeness (QED) is 0.452. The average molecular weight is 444 g/mol. The normalized spacial score (nSPS) is 19.8. The molecule has 26 heavy (non-hydrogen) atoms. The summed E-state index contributed by atoms with van der Waals surface area (Å²) in [6.45, 7) is -0.479. The predicted octanol–water partition coefficient (Wildman–Crippen LogP) is 4.84. The number of hydrogen-bond donors (Lipinski definition) is 1. The van der Waals surface area contributed by atoms with E-state index in [9.17, 15) is 61.6 Å². The summed E-state index contributed by atoms with van der Waals surface area (Å²) >= 11 is 0. The third-order valence-corrected chi connectivity index (χ3v) is 3.51. The maximum absolute atomic E-state index is 13.6. The summed E-state index contributed by atoms with van der Waals surface area (Å²) in [6.07, 6.45) is -15.0. The van der Waals surface area contributed by atoms with Gasteiger partial charge >= 0.3 is 43.8 Å². The lowest BCUT2D eigenvalue weighted by Gasteiger charge is -2.40. The van der Waals surface area contributed by atoms with Crippen molar-refractivity contribution in [3.05, 3.63) is 0 Å². The molecule has 0 saturated carbocycles. The first-order valence-corrected chi connectivity index (χ1v) is 7.15. The molecule has 0 aliphatic carbocycles. The van der Waals surface area contributed by atoms with Crippen LogP contribution in [0.5, 0.6) is 0 Å². The van der Waals surface area contributed by atoms with E-state index in [1.165, 1.54) is 0 Å². The van der Waals surface area contributed by atoms with Crippen molar-refractivity contribution in [3.8, 4) is 0 Å². The van der Waals surface area contributed by atoms with Crippen molar-refractivity contribution in [1.82, 2.24) is 0 Å². The van der Waals surface area contributed by atoms with E-state index < -0.39 is 50.4 Å². The predicted molar refractivity (Wildman–Crippen MR) is 53.3 cm³/mol. The van der Waals surface area contributed by atoms with Crippen molar-refractivity contribution in [3.63, 3.8) is 0 Å². The Morgan fingerprint density at radius 2 is 1.12 bits per heavy atom. The van der Waals surface area contributed by atoms with E-state index in [4.69, 9.17) is 4.89 Å². The molecule has 4 nitrogen and oxygen atoms in total. The van der Waals surface area contributed by atoms with E-state index in [1.54, 1.807) is 0 Å². The topological polar surface area (TPSA) is 55.8 Å². The van der Waals surface area contributed by atoms with Gasteiger partial charge in [-0.05, 0) is 6.92 Å². The Kier molecular flexibility index (Phi) is 6.46. The van der Waals surface area contributed by atoms with E-state index in [-0.39, 0.29) is 0 Å². The third-order valence-electron chi connectivity index (χ3n) is 2.45. The van der Waals surface area contributed by atoms with Gasteiger partial charge < -0.3 is 4.89 Å². The maximum atomic E-state index is 13.6. The molecule has 0 rings (SSSR count). The minimum atomic E-state index is -8.12. The summed E-state index contributed by atoms with van der Waals surface area (Å²) in [6, 6.07) is 0. The van der Waals surface area contributed by atoms with Gasteiger partial charge in [0.15, 0.2) is 0 Å². The number of halogens is 13. The average Bonchev–Trinajstić information content (AvgIpc) is 2.34. The zero-order chi connectivity index (χ0) is 21.6. The van der Waals surface area contributed by atoms with Gasteiger partial charge in [-0.2, -0.15) is 57.1 Å². The molecule has 0 amide bonds. The van der Waals surface area contributed by atoms with Gasteiger partial charge in [-0.15, -0.1) is 0 Å². The molecule has 158 valence electrons. The van der Waals surface area contributed by atoms with E-state index >= 15 is 0 Å². The molecule has 0 radical (unpaired) electrons. The van der Waals surface area contributed by atoms with Crippen LogP contribution in [0.15, 0.2) is 0 Å². The summed E-state index contributed by atoms with van der Waals surface area (Å²) in [5.41, 5.74) is 0. The largest absolute Gasteiger partial charge is 0.475 e. The van der Waals surface area contributed by atoms with Gasteiger partial charge in [-0.3, -0.25) is 4.52 Å². The second kappa shape index (κ2) is 6.67. The Bertz CT molecular complexity index is 555. The molecular weight excluding hydrogens is 438 g/mol. The standard InChI is InChI=1S/C8H6F13O4P/c1-2-24-26(22,23)25-6(15,8(19,20)21)4(11,12)3(9,10)5(13,14)7(16,17)18/h2H2,1H3,(H,22,23). The number of rotatable bonds is 7.